The lowest BCUT2D eigenvalue weighted by atomic mass is 9.96. The van der Waals surface area contributed by atoms with E-state index in [0.717, 1.165) is 56.3 Å². The number of halogens is 3. The Morgan fingerprint density at radius 1 is 0.500 bits per heavy atom. The van der Waals surface area contributed by atoms with Gasteiger partial charge in [-0.3, -0.25) is 4.98 Å². The molecule has 4 heteroatoms. The summed E-state index contributed by atoms with van der Waals surface area (Å²) in [7, 11) is 0. The van der Waals surface area contributed by atoms with Gasteiger partial charge in [-0.25, -0.2) is 0 Å². The second-order valence-corrected chi connectivity index (χ2v) is 7.67. The number of hydrogen-bond acceptors (Lipinski definition) is 1. The van der Waals surface area contributed by atoms with E-state index in [1.165, 1.54) is 12.1 Å². The van der Waals surface area contributed by atoms with E-state index < -0.39 is 11.7 Å². The van der Waals surface area contributed by atoms with Gasteiger partial charge in [-0.1, -0.05) is 66.7 Å². The van der Waals surface area contributed by atoms with Crippen LogP contribution in [0.2, 0.25) is 0 Å². The van der Waals surface area contributed by atoms with Crippen molar-refractivity contribution in [2.45, 2.75) is 6.18 Å². The molecule has 5 aromatic rings. The van der Waals surface area contributed by atoms with Crippen LogP contribution in [-0.2, 0) is 6.18 Å². The van der Waals surface area contributed by atoms with Crippen molar-refractivity contribution in [3.8, 4) is 33.4 Å². The van der Waals surface area contributed by atoms with E-state index in [4.69, 9.17) is 0 Å². The number of hydrogen-bond donors (Lipinski definition) is 0. The first-order valence-corrected chi connectivity index (χ1v) is 10.2. The Labute approximate surface area is 183 Å². The van der Waals surface area contributed by atoms with Gasteiger partial charge in [-0.2, -0.15) is 13.2 Å². The van der Waals surface area contributed by atoms with E-state index >= 15 is 0 Å². The number of pyridine rings is 1. The zero-order chi connectivity index (χ0) is 22.1. The summed E-state index contributed by atoms with van der Waals surface area (Å²) in [6, 6.07) is 29.8. The summed E-state index contributed by atoms with van der Waals surface area (Å²) in [5.41, 5.74) is 5.43. The second kappa shape index (κ2) is 7.97. The zero-order valence-electron chi connectivity index (χ0n) is 17.0. The molecule has 0 radical (unpaired) electrons. The Kier molecular flexibility index (Phi) is 4.98. The van der Waals surface area contributed by atoms with E-state index in [-0.39, 0.29) is 0 Å². The maximum atomic E-state index is 12.8. The largest absolute Gasteiger partial charge is 0.416 e. The summed E-state index contributed by atoms with van der Waals surface area (Å²) in [6.07, 6.45) is -0.719. The number of nitrogens with zero attached hydrogens (tertiary/aromatic N) is 1. The van der Waals surface area contributed by atoms with Gasteiger partial charge in [0, 0.05) is 12.4 Å². The molecule has 0 saturated carbocycles. The van der Waals surface area contributed by atoms with Gasteiger partial charge in [-0.15, -0.1) is 0 Å². The smallest absolute Gasteiger partial charge is 0.264 e. The van der Waals surface area contributed by atoms with Gasteiger partial charge in [0.2, 0.25) is 0 Å². The molecule has 0 unspecified atom stereocenters. The van der Waals surface area contributed by atoms with Crippen molar-refractivity contribution in [3.05, 3.63) is 115 Å². The van der Waals surface area contributed by atoms with Crippen LogP contribution in [0, 0.1) is 0 Å². The maximum Gasteiger partial charge on any atom is 0.416 e. The molecule has 1 aromatic heterocycles. The molecule has 0 bridgehead atoms. The van der Waals surface area contributed by atoms with E-state index in [9.17, 15) is 13.2 Å². The summed E-state index contributed by atoms with van der Waals surface area (Å²) >= 11 is 0. The molecule has 156 valence electrons. The van der Waals surface area contributed by atoms with Crippen LogP contribution in [0.3, 0.4) is 0 Å². The van der Waals surface area contributed by atoms with Crippen molar-refractivity contribution in [1.29, 1.82) is 0 Å². The fourth-order valence-electron chi connectivity index (χ4n) is 3.85. The fraction of sp³-hybridized carbons (Fsp3) is 0.0357. The van der Waals surface area contributed by atoms with Crippen molar-refractivity contribution in [2.75, 3.05) is 0 Å². The molecule has 0 N–H and O–H groups in total. The predicted molar refractivity (Wildman–Crippen MR) is 123 cm³/mol. The van der Waals surface area contributed by atoms with E-state index in [2.05, 4.69) is 41.4 Å². The number of rotatable bonds is 3. The fourth-order valence-corrected chi connectivity index (χ4v) is 3.85. The summed E-state index contributed by atoms with van der Waals surface area (Å²) in [5, 5.41) is 2.12. The molecule has 1 nitrogen and oxygen atoms in total. The number of benzene rings is 4. The molecule has 0 fully saturated rings. The van der Waals surface area contributed by atoms with Gasteiger partial charge in [0.15, 0.2) is 0 Å². The zero-order valence-corrected chi connectivity index (χ0v) is 17.0. The lowest BCUT2D eigenvalue weighted by Gasteiger charge is -2.10. The topological polar surface area (TPSA) is 12.9 Å². The van der Waals surface area contributed by atoms with Gasteiger partial charge in [0.25, 0.3) is 0 Å². The second-order valence-electron chi connectivity index (χ2n) is 7.67. The quantitative estimate of drug-likeness (QED) is 0.284. The first-order valence-electron chi connectivity index (χ1n) is 10.2. The average molecular weight is 425 g/mol. The van der Waals surface area contributed by atoms with E-state index in [1.54, 1.807) is 6.20 Å². The SMILES string of the molecule is FC(F)(F)c1ccc(-c2ccc3cc(-c4ccc(-c5cccnc5)cc4)ccc3c2)cc1. The van der Waals surface area contributed by atoms with Crippen molar-refractivity contribution < 1.29 is 13.2 Å². The molecule has 0 spiro atoms. The summed E-state index contributed by atoms with van der Waals surface area (Å²) in [4.78, 5) is 4.17. The molecule has 5 rings (SSSR count). The molecular weight excluding hydrogens is 407 g/mol. The van der Waals surface area contributed by atoms with E-state index in [1.807, 2.05) is 42.6 Å². The Hall–Kier alpha value is -3.92. The number of fused-ring (bicyclic) bond motifs is 1. The van der Waals surface area contributed by atoms with Crippen LogP contribution in [-0.4, -0.2) is 4.98 Å². The van der Waals surface area contributed by atoms with Crippen LogP contribution >= 0.6 is 0 Å². The minimum absolute atomic E-state index is 0.638. The molecule has 0 aliphatic rings. The Bertz CT molecular complexity index is 1370. The lowest BCUT2D eigenvalue weighted by Crippen LogP contribution is -2.03. The normalized spacial score (nSPS) is 11.6. The van der Waals surface area contributed by atoms with Crippen molar-refractivity contribution in [3.63, 3.8) is 0 Å². The third kappa shape index (κ3) is 4.00. The monoisotopic (exact) mass is 425 g/mol. The third-order valence-electron chi connectivity index (χ3n) is 5.60. The molecule has 0 aliphatic carbocycles. The maximum absolute atomic E-state index is 12.8. The minimum Gasteiger partial charge on any atom is -0.264 e. The first kappa shape index (κ1) is 20.0. The molecule has 0 aliphatic heterocycles. The summed E-state index contributed by atoms with van der Waals surface area (Å²) < 4.78 is 38.4. The molecular formula is C28H18F3N. The van der Waals surface area contributed by atoms with Crippen molar-refractivity contribution >= 4 is 10.8 Å². The van der Waals surface area contributed by atoms with Crippen molar-refractivity contribution in [2.24, 2.45) is 0 Å². The van der Waals surface area contributed by atoms with Gasteiger partial charge in [0.1, 0.15) is 0 Å². The van der Waals surface area contributed by atoms with Gasteiger partial charge < -0.3 is 0 Å². The Balaban J connectivity index is 1.43. The van der Waals surface area contributed by atoms with E-state index in [0.29, 0.717) is 0 Å². The lowest BCUT2D eigenvalue weighted by molar-refractivity contribution is -0.137. The van der Waals surface area contributed by atoms with Crippen LogP contribution in [0.1, 0.15) is 5.56 Å². The Morgan fingerprint density at radius 3 is 1.44 bits per heavy atom. The summed E-state index contributed by atoms with van der Waals surface area (Å²) in [6.45, 7) is 0. The highest BCUT2D eigenvalue weighted by Crippen LogP contribution is 2.33. The molecule has 0 amide bonds. The Morgan fingerprint density at radius 2 is 0.969 bits per heavy atom. The highest BCUT2D eigenvalue weighted by Gasteiger charge is 2.29. The predicted octanol–water partition coefficient (Wildman–Crippen LogP) is 8.25. The number of aromatic nitrogens is 1. The molecule has 0 saturated heterocycles. The van der Waals surface area contributed by atoms with Crippen LogP contribution in [0.4, 0.5) is 13.2 Å². The molecule has 32 heavy (non-hydrogen) atoms. The first-order chi connectivity index (χ1) is 15.5. The molecule has 1 heterocycles. The minimum atomic E-state index is -4.32. The van der Waals surface area contributed by atoms with Crippen molar-refractivity contribution in [1.82, 2.24) is 4.98 Å². The van der Waals surface area contributed by atoms with Gasteiger partial charge >= 0.3 is 6.18 Å². The number of alkyl halides is 3. The van der Waals surface area contributed by atoms with Crippen LogP contribution in [0.15, 0.2) is 109 Å². The molecule has 4 aromatic carbocycles. The van der Waals surface area contributed by atoms with Crippen LogP contribution in [0.25, 0.3) is 44.2 Å². The van der Waals surface area contributed by atoms with Gasteiger partial charge in [0.05, 0.1) is 5.56 Å². The standard InChI is InChI=1S/C28H18F3N/c29-28(30,31)27-13-11-20(12-14-27)23-8-10-24-16-22(7-9-25(24)17-23)19-3-5-21(6-4-19)26-2-1-15-32-18-26/h1-18H. The highest BCUT2D eigenvalue weighted by molar-refractivity contribution is 5.91. The summed E-state index contributed by atoms with van der Waals surface area (Å²) in [5.74, 6) is 0. The third-order valence-corrected chi connectivity index (χ3v) is 5.60. The van der Waals surface area contributed by atoms with Crippen LogP contribution in [0.5, 0.6) is 0 Å². The molecule has 0 atom stereocenters. The highest BCUT2D eigenvalue weighted by atomic mass is 19.4. The average Bonchev–Trinajstić information content (AvgIpc) is 2.83. The van der Waals surface area contributed by atoms with Gasteiger partial charge in [-0.05, 0) is 74.5 Å². The van der Waals surface area contributed by atoms with Crippen LogP contribution < -0.4 is 0 Å².